The monoisotopic (exact) mass is 779 g/mol. The van der Waals surface area contributed by atoms with Crippen molar-refractivity contribution in [1.82, 2.24) is 0 Å². The maximum absolute atomic E-state index is 12.6. The van der Waals surface area contributed by atoms with Gasteiger partial charge in [0, 0.05) is 12.8 Å². The maximum Gasteiger partial charge on any atom is 0.472 e. The summed E-state index contributed by atoms with van der Waals surface area (Å²) in [6, 6.07) is -1.53. The molecule has 4 N–H and O–H groups in total. The molecule has 0 bridgehead atoms. The number of hydrogen-bond acceptors (Lipinski definition) is 9. The third kappa shape index (κ3) is 35.9. The zero-order chi connectivity index (χ0) is 40.0. The molecular weight excluding hydrogens is 709 g/mol. The highest BCUT2D eigenvalue weighted by Gasteiger charge is 2.28. The van der Waals surface area contributed by atoms with Crippen molar-refractivity contribution in [2.24, 2.45) is 5.73 Å². The second-order valence-corrected chi connectivity index (χ2v) is 14.5. The number of hydrogen-bond donors (Lipinski definition) is 3. The lowest BCUT2D eigenvalue weighted by Crippen LogP contribution is -2.34. The molecule has 0 aliphatic carbocycles. The molecule has 0 fully saturated rings. The second-order valence-electron chi connectivity index (χ2n) is 13.0. The summed E-state index contributed by atoms with van der Waals surface area (Å²) < 4.78 is 32.6. The molecule has 0 radical (unpaired) electrons. The van der Waals surface area contributed by atoms with Crippen molar-refractivity contribution in [3.8, 4) is 0 Å². The Morgan fingerprint density at radius 3 is 1.46 bits per heavy atom. The third-order valence-corrected chi connectivity index (χ3v) is 8.90. The van der Waals surface area contributed by atoms with E-state index in [9.17, 15) is 23.8 Å². The van der Waals surface area contributed by atoms with Gasteiger partial charge in [-0.1, -0.05) is 125 Å². The summed E-state index contributed by atoms with van der Waals surface area (Å²) in [5.41, 5.74) is 5.32. The molecule has 0 saturated heterocycles. The molecule has 3 unspecified atom stereocenters. The summed E-state index contributed by atoms with van der Waals surface area (Å²) in [5.74, 6) is -2.43. The number of rotatable bonds is 36. The minimum Gasteiger partial charge on any atom is -0.480 e. The van der Waals surface area contributed by atoms with Gasteiger partial charge in [0.2, 0.25) is 0 Å². The van der Waals surface area contributed by atoms with Crippen molar-refractivity contribution in [2.45, 2.75) is 154 Å². The first-order chi connectivity index (χ1) is 26.1. The first-order valence-electron chi connectivity index (χ1n) is 20.0. The lowest BCUT2D eigenvalue weighted by molar-refractivity contribution is -0.161. The van der Waals surface area contributed by atoms with E-state index in [0.717, 1.165) is 103 Å². The molecule has 0 amide bonds. The highest BCUT2D eigenvalue weighted by Crippen LogP contribution is 2.43. The predicted octanol–water partition coefficient (Wildman–Crippen LogP) is 10.2. The molecule has 0 spiro atoms. The molecule has 0 aromatic rings. The Balaban J connectivity index is 4.48. The number of carbonyl (C=O) groups is 3. The summed E-state index contributed by atoms with van der Waals surface area (Å²) >= 11 is 0. The molecule has 0 heterocycles. The zero-order valence-electron chi connectivity index (χ0n) is 33.0. The van der Waals surface area contributed by atoms with Gasteiger partial charge in [-0.25, -0.2) is 4.57 Å². The molecule has 0 aliphatic heterocycles. The number of aliphatic carboxylic acids is 1. The lowest BCUT2D eigenvalue weighted by atomic mass is 10.1. The van der Waals surface area contributed by atoms with Crippen LogP contribution in [0.3, 0.4) is 0 Å². The molecule has 0 rings (SSSR count). The van der Waals surface area contributed by atoms with Crippen molar-refractivity contribution in [1.29, 1.82) is 0 Å². The number of phosphoric ester groups is 1. The van der Waals surface area contributed by atoms with Gasteiger partial charge in [-0.3, -0.25) is 23.4 Å². The molecule has 0 aliphatic rings. The van der Waals surface area contributed by atoms with Crippen LogP contribution < -0.4 is 5.73 Å². The fourth-order valence-corrected chi connectivity index (χ4v) is 5.63. The minimum atomic E-state index is -4.73. The van der Waals surface area contributed by atoms with Crippen molar-refractivity contribution in [2.75, 3.05) is 19.8 Å². The Kier molecular flexibility index (Phi) is 34.8. The molecule has 3 atom stereocenters. The van der Waals surface area contributed by atoms with Crippen LogP contribution in [0, 0.1) is 0 Å². The Labute approximate surface area is 325 Å². The molecule has 0 aromatic carbocycles. The Bertz CT molecular complexity index is 1190. The van der Waals surface area contributed by atoms with E-state index in [2.05, 4.69) is 91.3 Å². The van der Waals surface area contributed by atoms with Gasteiger partial charge in [0.05, 0.1) is 13.2 Å². The number of unbranched alkanes of at least 4 members (excludes halogenated alkanes) is 10. The van der Waals surface area contributed by atoms with Gasteiger partial charge in [-0.2, -0.15) is 0 Å². The van der Waals surface area contributed by atoms with E-state index >= 15 is 0 Å². The van der Waals surface area contributed by atoms with Crippen molar-refractivity contribution in [3.63, 3.8) is 0 Å². The van der Waals surface area contributed by atoms with E-state index < -0.39 is 51.1 Å². The number of esters is 2. The number of carboxylic acid groups (broad SMARTS) is 1. The van der Waals surface area contributed by atoms with E-state index in [4.69, 9.17) is 24.8 Å². The number of allylic oxidation sites excluding steroid dienone is 12. The first kappa shape index (κ1) is 50.9. The van der Waals surface area contributed by atoms with Crippen molar-refractivity contribution in [3.05, 3.63) is 72.9 Å². The second kappa shape index (κ2) is 36.9. The van der Waals surface area contributed by atoms with Gasteiger partial charge in [0.15, 0.2) is 6.10 Å². The fraction of sp³-hybridized carbons (Fsp3) is 0.643. The third-order valence-electron chi connectivity index (χ3n) is 7.95. The number of ether oxygens (including phenoxy) is 2. The topological polar surface area (TPSA) is 172 Å². The van der Waals surface area contributed by atoms with Crippen LogP contribution in [0.1, 0.15) is 142 Å². The summed E-state index contributed by atoms with van der Waals surface area (Å²) in [7, 11) is -4.73. The molecule has 0 aromatic heterocycles. The summed E-state index contributed by atoms with van der Waals surface area (Å²) in [4.78, 5) is 45.8. The Morgan fingerprint density at radius 1 is 0.574 bits per heavy atom. The van der Waals surface area contributed by atoms with Crippen LogP contribution in [0.2, 0.25) is 0 Å². The van der Waals surface area contributed by atoms with Crippen molar-refractivity contribution < 1.29 is 47.5 Å². The smallest absolute Gasteiger partial charge is 0.472 e. The van der Waals surface area contributed by atoms with E-state index in [1.807, 2.05) is 0 Å². The van der Waals surface area contributed by atoms with Crippen LogP contribution in [0.4, 0.5) is 0 Å². The van der Waals surface area contributed by atoms with Gasteiger partial charge in [-0.05, 0) is 77.0 Å². The van der Waals surface area contributed by atoms with Gasteiger partial charge >= 0.3 is 25.7 Å². The highest BCUT2D eigenvalue weighted by molar-refractivity contribution is 7.47. The molecule has 11 nitrogen and oxygen atoms in total. The summed E-state index contributed by atoms with van der Waals surface area (Å²) in [6.45, 7) is 2.52. The maximum atomic E-state index is 12.6. The average molecular weight is 780 g/mol. The molecule has 308 valence electrons. The summed E-state index contributed by atoms with van der Waals surface area (Å²) in [6.07, 6.45) is 42.5. The van der Waals surface area contributed by atoms with Crippen molar-refractivity contribution >= 4 is 25.7 Å². The Morgan fingerprint density at radius 2 is 0.981 bits per heavy atom. The van der Waals surface area contributed by atoms with Gasteiger partial charge in [0.25, 0.3) is 0 Å². The van der Waals surface area contributed by atoms with Gasteiger partial charge in [0.1, 0.15) is 12.6 Å². The molecular formula is C42H70NO10P. The fourth-order valence-electron chi connectivity index (χ4n) is 4.86. The van der Waals surface area contributed by atoms with E-state index in [-0.39, 0.29) is 19.4 Å². The van der Waals surface area contributed by atoms with Crippen LogP contribution in [0.5, 0.6) is 0 Å². The number of phosphoric acid groups is 1. The SMILES string of the molecule is CC/C=C\C/C=C\C/C=C\CCCCCCCC(=O)OCC(COP(=O)(O)OCC(N)C(=O)O)OC(=O)CCCCCCC/C=C\C/C=C\C/C=C\CC. The number of nitrogens with two attached hydrogens (primary N) is 1. The number of carboxylic acids is 1. The average Bonchev–Trinajstić information content (AvgIpc) is 3.14. The van der Waals surface area contributed by atoms with Gasteiger partial charge < -0.3 is 25.2 Å². The quantitative estimate of drug-likeness (QED) is 0.0239. The van der Waals surface area contributed by atoms with Crippen LogP contribution in [0.15, 0.2) is 72.9 Å². The van der Waals surface area contributed by atoms with Crippen LogP contribution >= 0.6 is 7.82 Å². The largest absolute Gasteiger partial charge is 0.480 e. The molecule has 12 heteroatoms. The molecule has 54 heavy (non-hydrogen) atoms. The lowest BCUT2D eigenvalue weighted by Gasteiger charge is -2.20. The minimum absolute atomic E-state index is 0.134. The molecule has 0 saturated carbocycles. The standard InChI is InChI=1S/C42H70NO10P/c1-3-5-7-9-11-13-15-17-19-21-23-25-27-29-31-33-40(44)50-35-38(36-51-54(48,49)52-37-39(43)42(46)47)53-41(45)34-32-30-28-26-24-22-20-18-16-14-12-10-8-6-4-2/h5-8,11-14,17-20,38-39H,3-4,9-10,15-16,21-37,43H2,1-2H3,(H,46,47)(H,48,49)/b7-5-,8-6-,13-11-,14-12-,19-17-,20-18-. The zero-order valence-corrected chi connectivity index (χ0v) is 33.9. The predicted molar refractivity (Wildman–Crippen MR) is 217 cm³/mol. The summed E-state index contributed by atoms with van der Waals surface area (Å²) in [5, 5.41) is 8.87. The normalized spacial score (nSPS) is 14.6. The van der Waals surface area contributed by atoms with Crippen LogP contribution in [-0.2, 0) is 37.5 Å². The first-order valence-corrected chi connectivity index (χ1v) is 21.5. The van der Waals surface area contributed by atoms with Crippen LogP contribution in [-0.4, -0.2) is 59.9 Å². The van der Waals surface area contributed by atoms with E-state index in [1.54, 1.807) is 0 Å². The van der Waals surface area contributed by atoms with Gasteiger partial charge in [-0.15, -0.1) is 0 Å². The number of carbonyl (C=O) groups excluding carboxylic acids is 2. The Hall–Kier alpha value is -3.08. The van der Waals surface area contributed by atoms with Crippen LogP contribution in [0.25, 0.3) is 0 Å². The van der Waals surface area contributed by atoms with E-state index in [1.165, 1.54) is 0 Å². The van der Waals surface area contributed by atoms with E-state index in [0.29, 0.717) is 12.8 Å². The highest BCUT2D eigenvalue weighted by atomic mass is 31.2.